The zero-order chi connectivity index (χ0) is 19.6. The molecule has 1 heterocycles. The summed E-state index contributed by atoms with van der Waals surface area (Å²) in [5, 5.41) is 3.17. The Bertz CT molecular complexity index is 911. The van der Waals surface area contributed by atoms with Crippen LogP contribution in [0.5, 0.6) is 5.75 Å². The van der Waals surface area contributed by atoms with Crippen molar-refractivity contribution >= 4 is 10.0 Å². The average Bonchev–Trinajstić information content (AvgIpc) is 2.66. The van der Waals surface area contributed by atoms with E-state index < -0.39 is 10.0 Å². The van der Waals surface area contributed by atoms with Crippen molar-refractivity contribution in [1.29, 1.82) is 0 Å². The van der Waals surface area contributed by atoms with Gasteiger partial charge >= 0.3 is 0 Å². The highest BCUT2D eigenvalue weighted by Gasteiger charge is 2.32. The lowest BCUT2D eigenvalue weighted by atomic mass is 9.83. The number of hydrogen-bond acceptors (Lipinski definition) is 4. The average molecular weight is 401 g/mol. The van der Waals surface area contributed by atoms with Crippen LogP contribution in [-0.4, -0.2) is 33.4 Å². The fraction of sp³-hybridized carbons (Fsp3) is 0.455. The molecule has 0 bridgehead atoms. The highest BCUT2D eigenvalue weighted by Crippen LogP contribution is 2.37. The molecule has 28 heavy (non-hydrogen) atoms. The molecule has 1 fully saturated rings. The van der Waals surface area contributed by atoms with Gasteiger partial charge in [-0.1, -0.05) is 48.9 Å². The zero-order valence-electron chi connectivity index (χ0n) is 16.2. The van der Waals surface area contributed by atoms with Crippen LogP contribution in [0.4, 0.5) is 0 Å². The second kappa shape index (κ2) is 8.23. The highest BCUT2D eigenvalue weighted by molar-refractivity contribution is 7.90. The quantitative estimate of drug-likeness (QED) is 0.750. The minimum absolute atomic E-state index is 0.215. The van der Waals surface area contributed by atoms with Gasteiger partial charge in [0.2, 0.25) is 10.0 Å². The Morgan fingerprint density at radius 3 is 2.54 bits per heavy atom. The molecule has 0 unspecified atom stereocenters. The van der Waals surface area contributed by atoms with Crippen molar-refractivity contribution in [3.05, 3.63) is 65.2 Å². The maximum atomic E-state index is 12.3. The topological polar surface area (TPSA) is 67.4 Å². The van der Waals surface area contributed by atoms with Gasteiger partial charge in [0.1, 0.15) is 12.4 Å². The van der Waals surface area contributed by atoms with E-state index in [1.54, 1.807) is 0 Å². The molecule has 1 aliphatic heterocycles. The molecule has 6 heteroatoms. The van der Waals surface area contributed by atoms with Gasteiger partial charge in [-0.15, -0.1) is 0 Å². The van der Waals surface area contributed by atoms with Gasteiger partial charge in [-0.3, -0.25) is 0 Å². The van der Waals surface area contributed by atoms with E-state index in [1.807, 2.05) is 25.2 Å². The molecular formula is C22H28N2O3S. The van der Waals surface area contributed by atoms with Gasteiger partial charge in [0.15, 0.2) is 0 Å². The number of nitrogens with one attached hydrogen (secondary N) is 2. The molecule has 2 aromatic rings. The largest absolute Gasteiger partial charge is 0.492 e. The summed E-state index contributed by atoms with van der Waals surface area (Å²) in [5.74, 6) is 1.18. The van der Waals surface area contributed by atoms with Crippen molar-refractivity contribution in [2.75, 3.05) is 13.7 Å². The first-order valence-electron chi connectivity index (χ1n) is 10.0. The van der Waals surface area contributed by atoms with Crippen LogP contribution in [0.2, 0.25) is 0 Å². The molecule has 2 N–H and O–H groups in total. The summed E-state index contributed by atoms with van der Waals surface area (Å²) in [6.45, 7) is 0.961. The van der Waals surface area contributed by atoms with E-state index in [2.05, 4.69) is 40.4 Å². The van der Waals surface area contributed by atoms with Crippen molar-refractivity contribution in [2.24, 2.45) is 0 Å². The minimum Gasteiger partial charge on any atom is -0.492 e. The number of fused-ring (bicyclic) bond motifs is 1. The summed E-state index contributed by atoms with van der Waals surface area (Å²) in [7, 11) is -1.25. The van der Waals surface area contributed by atoms with Gasteiger partial charge < -0.3 is 10.1 Å². The SMILES string of the molecule is CN[C@@H]1COc2ccc(CNS(=O)(=O)C3CCC3)cc2[C@@H]1Cc1ccccc1. The molecule has 2 aromatic carbocycles. The van der Waals surface area contributed by atoms with Crippen LogP contribution in [-0.2, 0) is 23.0 Å². The van der Waals surface area contributed by atoms with Crippen LogP contribution in [0.1, 0.15) is 41.9 Å². The predicted octanol–water partition coefficient (Wildman–Crippen LogP) is 2.97. The molecule has 1 saturated carbocycles. The number of benzene rings is 2. The zero-order valence-corrected chi connectivity index (χ0v) is 17.0. The normalized spacial score (nSPS) is 22.2. The van der Waals surface area contributed by atoms with Crippen LogP contribution in [0.3, 0.4) is 0 Å². The first-order valence-corrected chi connectivity index (χ1v) is 11.6. The Hall–Kier alpha value is -1.89. The standard InChI is InChI=1S/C22H28N2O3S/c1-23-21-15-27-22-11-10-17(14-24-28(25,26)18-8-5-9-18)13-20(22)19(21)12-16-6-3-2-4-7-16/h2-4,6-7,10-11,13,18-19,21,23-24H,5,8-9,12,14-15H2,1H3/t19-,21+/m0/s1. The molecule has 5 nitrogen and oxygen atoms in total. The Labute approximate surface area is 167 Å². The van der Waals surface area contributed by atoms with Gasteiger partial charge in [0, 0.05) is 18.5 Å². The number of ether oxygens (including phenoxy) is 1. The number of rotatable bonds is 7. The van der Waals surface area contributed by atoms with Crippen molar-refractivity contribution in [2.45, 2.75) is 49.4 Å². The summed E-state index contributed by atoms with van der Waals surface area (Å²) in [4.78, 5) is 0. The molecule has 0 saturated heterocycles. The van der Waals surface area contributed by atoms with Crippen molar-refractivity contribution in [1.82, 2.24) is 10.0 Å². The summed E-state index contributed by atoms with van der Waals surface area (Å²) in [6, 6.07) is 16.7. The molecule has 2 atom stereocenters. The Kier molecular flexibility index (Phi) is 5.71. The molecule has 0 amide bonds. The van der Waals surface area contributed by atoms with Crippen LogP contribution >= 0.6 is 0 Å². The maximum absolute atomic E-state index is 12.3. The van der Waals surface area contributed by atoms with E-state index in [1.165, 1.54) is 5.56 Å². The van der Waals surface area contributed by atoms with Gasteiger partial charge in [0.05, 0.1) is 5.25 Å². The fourth-order valence-corrected chi connectivity index (χ4v) is 5.59. The second-order valence-electron chi connectivity index (χ2n) is 7.79. The van der Waals surface area contributed by atoms with Gasteiger partial charge in [-0.05, 0) is 49.1 Å². The van der Waals surface area contributed by atoms with E-state index in [9.17, 15) is 8.42 Å². The Morgan fingerprint density at radius 1 is 1.07 bits per heavy atom. The van der Waals surface area contributed by atoms with E-state index in [0.29, 0.717) is 13.2 Å². The van der Waals surface area contributed by atoms with E-state index in [4.69, 9.17) is 4.74 Å². The second-order valence-corrected chi connectivity index (χ2v) is 9.84. The third kappa shape index (κ3) is 4.09. The summed E-state index contributed by atoms with van der Waals surface area (Å²) in [6.07, 6.45) is 3.47. The molecule has 4 rings (SSSR count). The van der Waals surface area contributed by atoms with Crippen LogP contribution in [0.25, 0.3) is 0 Å². The molecule has 1 aliphatic carbocycles. The molecule has 150 valence electrons. The van der Waals surface area contributed by atoms with Crippen LogP contribution in [0, 0.1) is 0 Å². The Morgan fingerprint density at radius 2 is 1.86 bits per heavy atom. The van der Waals surface area contributed by atoms with Gasteiger partial charge in [-0.2, -0.15) is 0 Å². The van der Waals surface area contributed by atoms with E-state index >= 15 is 0 Å². The van der Waals surface area contributed by atoms with Crippen LogP contribution < -0.4 is 14.8 Å². The predicted molar refractivity (Wildman–Crippen MR) is 111 cm³/mol. The van der Waals surface area contributed by atoms with Crippen LogP contribution in [0.15, 0.2) is 48.5 Å². The number of sulfonamides is 1. The summed E-state index contributed by atoms with van der Waals surface area (Å²) < 4.78 is 33.4. The molecule has 2 aliphatic rings. The minimum atomic E-state index is -3.21. The lowest BCUT2D eigenvalue weighted by molar-refractivity contribution is 0.218. The van der Waals surface area contributed by atoms with Crippen molar-refractivity contribution in [3.8, 4) is 5.75 Å². The van der Waals surface area contributed by atoms with Crippen molar-refractivity contribution in [3.63, 3.8) is 0 Å². The summed E-state index contributed by atoms with van der Waals surface area (Å²) in [5.41, 5.74) is 3.41. The lowest BCUT2D eigenvalue weighted by Crippen LogP contribution is -2.41. The molecular weight excluding hydrogens is 372 g/mol. The lowest BCUT2D eigenvalue weighted by Gasteiger charge is -2.34. The smallest absolute Gasteiger partial charge is 0.214 e. The fourth-order valence-electron chi connectivity index (χ4n) is 4.03. The summed E-state index contributed by atoms with van der Waals surface area (Å²) >= 11 is 0. The van der Waals surface area contributed by atoms with E-state index in [-0.39, 0.29) is 17.2 Å². The third-order valence-corrected chi connectivity index (χ3v) is 7.91. The van der Waals surface area contributed by atoms with Crippen molar-refractivity contribution < 1.29 is 13.2 Å². The molecule has 0 radical (unpaired) electrons. The van der Waals surface area contributed by atoms with Gasteiger partial charge in [-0.25, -0.2) is 13.1 Å². The first-order chi connectivity index (χ1) is 13.6. The molecule has 0 spiro atoms. The first kappa shape index (κ1) is 19.4. The number of hydrogen-bond donors (Lipinski definition) is 2. The van der Waals surface area contributed by atoms with E-state index in [0.717, 1.165) is 42.6 Å². The monoisotopic (exact) mass is 400 g/mol. The number of likely N-dealkylation sites (N-methyl/N-ethyl adjacent to an activating group) is 1. The Balaban J connectivity index is 1.55. The third-order valence-electron chi connectivity index (χ3n) is 6.02. The molecule has 0 aromatic heterocycles. The highest BCUT2D eigenvalue weighted by atomic mass is 32.2. The van der Waals surface area contributed by atoms with Gasteiger partial charge in [0.25, 0.3) is 0 Å². The maximum Gasteiger partial charge on any atom is 0.214 e.